The summed E-state index contributed by atoms with van der Waals surface area (Å²) in [5.41, 5.74) is -0.345. The van der Waals surface area contributed by atoms with Gasteiger partial charge in [-0.3, -0.25) is 9.48 Å². The Hall–Kier alpha value is -3.33. The molecule has 0 spiro atoms. The van der Waals surface area contributed by atoms with Crippen LogP contribution in [0.5, 0.6) is 5.75 Å². The lowest BCUT2D eigenvalue weighted by Crippen LogP contribution is -2.17. The van der Waals surface area contributed by atoms with Crippen molar-refractivity contribution in [2.24, 2.45) is 0 Å². The molecule has 0 fully saturated rings. The molecule has 0 saturated heterocycles. The van der Waals surface area contributed by atoms with Gasteiger partial charge in [0.05, 0.1) is 10.6 Å². The van der Waals surface area contributed by atoms with Crippen LogP contribution in [0.25, 0.3) is 0 Å². The molecule has 0 radical (unpaired) electrons. The van der Waals surface area contributed by atoms with Crippen molar-refractivity contribution in [3.05, 3.63) is 77.1 Å². The van der Waals surface area contributed by atoms with Crippen molar-refractivity contribution in [1.29, 1.82) is 0 Å². The molecule has 2 aromatic carbocycles. The molecule has 3 aromatic rings. The van der Waals surface area contributed by atoms with Gasteiger partial charge in [0.15, 0.2) is 5.69 Å². The third-order valence-corrected chi connectivity index (χ3v) is 4.01. The number of rotatable bonds is 5. The molecule has 1 N–H and O–H groups in total. The zero-order valence-electron chi connectivity index (χ0n) is 14.6. The lowest BCUT2D eigenvalue weighted by Gasteiger charge is -2.08. The average Bonchev–Trinajstić information content (AvgIpc) is 3.12. The second kappa shape index (κ2) is 8.36. The molecule has 6 nitrogen and oxygen atoms in total. The summed E-state index contributed by atoms with van der Waals surface area (Å²) >= 11 is 5.97. The van der Waals surface area contributed by atoms with Gasteiger partial charge >= 0.3 is 12.1 Å². The summed E-state index contributed by atoms with van der Waals surface area (Å²) in [7, 11) is 0. The van der Waals surface area contributed by atoms with Gasteiger partial charge in [0, 0.05) is 11.9 Å². The van der Waals surface area contributed by atoms with E-state index in [0.29, 0.717) is 16.3 Å². The molecular formula is C19H13ClF3N3O3. The molecule has 0 aliphatic rings. The van der Waals surface area contributed by atoms with Crippen LogP contribution in [-0.4, -0.2) is 21.7 Å². The van der Waals surface area contributed by atoms with E-state index in [2.05, 4.69) is 10.4 Å². The standard InChI is InChI=1S/C19H13ClF3N3O3/c20-15-4-2-1-3-14(15)18(28)24-12-5-7-13(8-6-12)29-17(27)11-26-10-9-16(25-26)19(21,22)23/h1-10H,11H2,(H,24,28). The fourth-order valence-electron chi connectivity index (χ4n) is 2.35. The van der Waals surface area contributed by atoms with E-state index in [0.717, 1.165) is 16.9 Å². The minimum atomic E-state index is -4.58. The molecule has 0 aliphatic carbocycles. The Balaban J connectivity index is 1.57. The van der Waals surface area contributed by atoms with Crippen molar-refractivity contribution in [1.82, 2.24) is 9.78 Å². The average molecular weight is 424 g/mol. The number of nitrogens with zero attached hydrogens (tertiary/aromatic N) is 2. The Labute approximate surface area is 167 Å². The quantitative estimate of drug-likeness (QED) is 0.487. The number of hydrogen-bond acceptors (Lipinski definition) is 4. The second-order valence-electron chi connectivity index (χ2n) is 5.83. The number of benzene rings is 2. The van der Waals surface area contributed by atoms with Crippen molar-refractivity contribution < 1.29 is 27.5 Å². The van der Waals surface area contributed by atoms with Crippen LogP contribution in [-0.2, 0) is 17.5 Å². The summed E-state index contributed by atoms with van der Waals surface area (Å²) in [5.74, 6) is -1.04. The summed E-state index contributed by atoms with van der Waals surface area (Å²) in [6.45, 7) is -0.485. The molecule has 10 heteroatoms. The maximum Gasteiger partial charge on any atom is 0.435 e. The Morgan fingerprint density at radius 2 is 1.76 bits per heavy atom. The highest BCUT2D eigenvalue weighted by Gasteiger charge is 2.33. The van der Waals surface area contributed by atoms with Gasteiger partial charge in [-0.25, -0.2) is 4.79 Å². The fourth-order valence-corrected chi connectivity index (χ4v) is 2.57. The number of amides is 1. The highest BCUT2D eigenvalue weighted by atomic mass is 35.5. The fraction of sp³-hybridized carbons (Fsp3) is 0.105. The maximum atomic E-state index is 12.5. The second-order valence-corrected chi connectivity index (χ2v) is 6.24. The number of esters is 1. The van der Waals surface area contributed by atoms with Crippen LogP contribution < -0.4 is 10.1 Å². The zero-order chi connectivity index (χ0) is 21.0. The number of alkyl halides is 3. The van der Waals surface area contributed by atoms with Crippen molar-refractivity contribution in [3.8, 4) is 5.75 Å². The maximum absolute atomic E-state index is 12.5. The Bertz CT molecular complexity index is 1030. The van der Waals surface area contributed by atoms with Crippen molar-refractivity contribution in [2.75, 3.05) is 5.32 Å². The van der Waals surface area contributed by atoms with Gasteiger partial charge in [-0.15, -0.1) is 0 Å². The van der Waals surface area contributed by atoms with Crippen molar-refractivity contribution >= 4 is 29.2 Å². The van der Waals surface area contributed by atoms with Gasteiger partial charge in [0.1, 0.15) is 12.3 Å². The van der Waals surface area contributed by atoms with Gasteiger partial charge in [0.2, 0.25) is 0 Å². The van der Waals surface area contributed by atoms with E-state index >= 15 is 0 Å². The zero-order valence-corrected chi connectivity index (χ0v) is 15.4. The van der Waals surface area contributed by atoms with Crippen LogP contribution in [0.2, 0.25) is 5.02 Å². The first-order valence-corrected chi connectivity index (χ1v) is 8.57. The third-order valence-electron chi connectivity index (χ3n) is 3.68. The molecule has 0 atom stereocenters. The summed E-state index contributed by atoms with van der Waals surface area (Å²) in [6.07, 6.45) is -3.54. The Morgan fingerprint density at radius 1 is 1.07 bits per heavy atom. The first-order chi connectivity index (χ1) is 13.7. The number of carbonyl (C=O) groups excluding carboxylic acids is 2. The van der Waals surface area contributed by atoms with Gasteiger partial charge in [-0.05, 0) is 42.5 Å². The number of aromatic nitrogens is 2. The first kappa shape index (κ1) is 20.4. The molecule has 150 valence electrons. The molecule has 0 bridgehead atoms. The number of anilines is 1. The topological polar surface area (TPSA) is 73.2 Å². The lowest BCUT2D eigenvalue weighted by atomic mass is 10.2. The molecule has 0 saturated carbocycles. The highest BCUT2D eigenvalue weighted by Crippen LogP contribution is 2.27. The molecule has 1 amide bonds. The van der Waals surface area contributed by atoms with E-state index in [9.17, 15) is 22.8 Å². The number of carbonyl (C=O) groups is 2. The summed E-state index contributed by atoms with van der Waals surface area (Å²) < 4.78 is 43.4. The van der Waals surface area contributed by atoms with Crippen molar-refractivity contribution in [2.45, 2.75) is 12.7 Å². The van der Waals surface area contributed by atoms with Crippen LogP contribution in [0.15, 0.2) is 60.8 Å². The molecule has 1 aromatic heterocycles. The lowest BCUT2D eigenvalue weighted by molar-refractivity contribution is -0.142. The number of ether oxygens (including phenoxy) is 1. The minimum absolute atomic E-state index is 0.161. The number of hydrogen-bond donors (Lipinski definition) is 1. The molecule has 1 heterocycles. The molecule has 0 unspecified atom stereocenters. The van der Waals surface area contributed by atoms with Crippen LogP contribution in [0, 0.1) is 0 Å². The molecule has 3 rings (SSSR count). The normalized spacial score (nSPS) is 11.2. The number of halogens is 4. The van der Waals surface area contributed by atoms with Gasteiger partial charge in [-0.2, -0.15) is 18.3 Å². The summed E-state index contributed by atoms with van der Waals surface area (Å²) in [6, 6.07) is 13.2. The van der Waals surface area contributed by atoms with Crippen LogP contribution in [0.3, 0.4) is 0 Å². The molecule has 0 aliphatic heterocycles. The summed E-state index contributed by atoms with van der Waals surface area (Å²) in [5, 5.41) is 6.24. The molecule has 29 heavy (non-hydrogen) atoms. The van der Waals surface area contributed by atoms with Gasteiger partial charge < -0.3 is 10.1 Å². The minimum Gasteiger partial charge on any atom is -0.425 e. The Morgan fingerprint density at radius 3 is 2.38 bits per heavy atom. The highest BCUT2D eigenvalue weighted by molar-refractivity contribution is 6.34. The van der Waals surface area contributed by atoms with E-state index < -0.39 is 30.3 Å². The van der Waals surface area contributed by atoms with Gasteiger partial charge in [-0.1, -0.05) is 23.7 Å². The van der Waals surface area contributed by atoms with E-state index in [4.69, 9.17) is 16.3 Å². The van der Waals surface area contributed by atoms with Crippen LogP contribution in [0.1, 0.15) is 16.1 Å². The van der Waals surface area contributed by atoms with E-state index in [1.807, 2.05) is 0 Å². The van der Waals surface area contributed by atoms with Crippen LogP contribution in [0.4, 0.5) is 18.9 Å². The van der Waals surface area contributed by atoms with Crippen LogP contribution >= 0.6 is 11.6 Å². The molecular weight excluding hydrogens is 411 g/mol. The van der Waals surface area contributed by atoms with E-state index in [-0.39, 0.29) is 5.75 Å². The summed E-state index contributed by atoms with van der Waals surface area (Å²) in [4.78, 5) is 24.1. The predicted molar refractivity (Wildman–Crippen MR) is 98.7 cm³/mol. The van der Waals surface area contributed by atoms with Gasteiger partial charge in [0.25, 0.3) is 5.91 Å². The van der Waals surface area contributed by atoms with E-state index in [1.54, 1.807) is 24.3 Å². The smallest absolute Gasteiger partial charge is 0.425 e. The van der Waals surface area contributed by atoms with E-state index in [1.165, 1.54) is 24.3 Å². The monoisotopic (exact) mass is 423 g/mol. The SMILES string of the molecule is O=C(Cn1ccc(C(F)(F)F)n1)Oc1ccc(NC(=O)c2ccccc2Cl)cc1. The largest absolute Gasteiger partial charge is 0.435 e. The van der Waals surface area contributed by atoms with Crippen molar-refractivity contribution in [3.63, 3.8) is 0 Å². The third kappa shape index (κ3) is 5.35. The predicted octanol–water partition coefficient (Wildman–Crippen LogP) is 4.41. The number of nitrogens with one attached hydrogen (secondary N) is 1. The first-order valence-electron chi connectivity index (χ1n) is 8.19. The Kier molecular flexibility index (Phi) is 5.88.